The Labute approximate surface area is 108 Å². The van der Waals surface area contributed by atoms with Crippen LogP contribution in [0.5, 0.6) is 0 Å². The summed E-state index contributed by atoms with van der Waals surface area (Å²) >= 11 is 0. The zero-order valence-electron chi connectivity index (χ0n) is 10.9. The highest BCUT2D eigenvalue weighted by molar-refractivity contribution is 5.19. The molecule has 4 saturated carbocycles. The molecule has 4 fully saturated rings. The first-order valence-corrected chi connectivity index (χ1v) is 7.43. The average molecular weight is 246 g/mol. The third-order valence-electron chi connectivity index (χ3n) is 5.47. The summed E-state index contributed by atoms with van der Waals surface area (Å²) in [5.41, 5.74) is 5.92. The number of nitrogens with two attached hydrogens (primary N) is 1. The Kier molecular flexibility index (Phi) is 2.35. The van der Waals surface area contributed by atoms with Crippen molar-refractivity contribution in [2.75, 3.05) is 6.54 Å². The van der Waals surface area contributed by atoms with Crippen molar-refractivity contribution in [3.05, 3.63) is 17.8 Å². The van der Waals surface area contributed by atoms with Crippen LogP contribution in [-0.2, 0) is 11.8 Å². The maximum atomic E-state index is 6.02. The summed E-state index contributed by atoms with van der Waals surface area (Å²) in [6.45, 7) is 0.626. The van der Waals surface area contributed by atoms with Gasteiger partial charge in [-0.25, -0.2) is 4.98 Å². The van der Waals surface area contributed by atoms with Crippen LogP contribution in [0.2, 0.25) is 0 Å². The van der Waals surface area contributed by atoms with Gasteiger partial charge in [-0.05, 0) is 56.3 Å². The molecule has 0 aromatic carbocycles. The molecule has 0 saturated heterocycles. The lowest BCUT2D eigenvalue weighted by molar-refractivity contribution is -0.0155. The Morgan fingerprint density at radius 1 is 1.17 bits per heavy atom. The Morgan fingerprint density at radius 3 is 2.33 bits per heavy atom. The maximum Gasteiger partial charge on any atom is 0.195 e. The summed E-state index contributed by atoms with van der Waals surface area (Å²) in [5, 5.41) is 0. The number of hydrogen-bond donors (Lipinski definition) is 1. The van der Waals surface area contributed by atoms with Crippen molar-refractivity contribution in [1.29, 1.82) is 0 Å². The van der Waals surface area contributed by atoms with Crippen molar-refractivity contribution in [1.82, 2.24) is 4.98 Å². The standard InChI is InChI=1S/C15H22N2O/c16-2-1-14-17-9-13(18-14)15-6-10-3-11(7-15)5-12(4-10)8-15/h9-12H,1-8,16H2. The fourth-order valence-corrected chi connectivity index (χ4v) is 5.21. The maximum absolute atomic E-state index is 6.02. The minimum Gasteiger partial charge on any atom is -0.445 e. The van der Waals surface area contributed by atoms with Gasteiger partial charge in [0.15, 0.2) is 5.89 Å². The van der Waals surface area contributed by atoms with Crippen LogP contribution in [0.1, 0.15) is 50.2 Å². The Bertz CT molecular complexity index is 416. The molecule has 2 N–H and O–H groups in total. The average Bonchev–Trinajstić information content (AvgIpc) is 2.77. The largest absolute Gasteiger partial charge is 0.445 e. The third kappa shape index (κ3) is 1.56. The summed E-state index contributed by atoms with van der Waals surface area (Å²) in [6.07, 6.45) is 11.2. The monoisotopic (exact) mass is 246 g/mol. The van der Waals surface area contributed by atoms with E-state index in [0.717, 1.165) is 30.1 Å². The number of hydrogen-bond acceptors (Lipinski definition) is 3. The van der Waals surface area contributed by atoms with Gasteiger partial charge in [0.1, 0.15) is 5.76 Å². The Morgan fingerprint density at radius 2 is 1.78 bits per heavy atom. The third-order valence-corrected chi connectivity index (χ3v) is 5.47. The lowest BCUT2D eigenvalue weighted by Gasteiger charge is -2.55. The summed E-state index contributed by atoms with van der Waals surface area (Å²) in [7, 11) is 0. The molecule has 0 amide bonds. The molecular weight excluding hydrogens is 224 g/mol. The zero-order chi connectivity index (χ0) is 12.2. The molecule has 98 valence electrons. The molecule has 4 aliphatic rings. The molecule has 0 unspecified atom stereocenters. The highest BCUT2D eigenvalue weighted by Gasteiger charge is 2.53. The number of nitrogens with zero attached hydrogens (tertiary/aromatic N) is 1. The topological polar surface area (TPSA) is 52.0 Å². The fraction of sp³-hybridized carbons (Fsp3) is 0.800. The number of oxazole rings is 1. The van der Waals surface area contributed by atoms with Crippen LogP contribution in [0.15, 0.2) is 10.6 Å². The van der Waals surface area contributed by atoms with Gasteiger partial charge >= 0.3 is 0 Å². The minimum absolute atomic E-state index is 0.342. The summed E-state index contributed by atoms with van der Waals surface area (Å²) in [6, 6.07) is 0. The lowest BCUT2D eigenvalue weighted by Crippen LogP contribution is -2.48. The molecule has 0 radical (unpaired) electrons. The van der Waals surface area contributed by atoms with Crippen molar-refractivity contribution in [2.45, 2.75) is 50.4 Å². The smallest absolute Gasteiger partial charge is 0.195 e. The van der Waals surface area contributed by atoms with E-state index in [9.17, 15) is 0 Å². The molecule has 3 heteroatoms. The van der Waals surface area contributed by atoms with Gasteiger partial charge in [-0.2, -0.15) is 0 Å². The number of aromatic nitrogens is 1. The first-order valence-electron chi connectivity index (χ1n) is 7.43. The Hall–Kier alpha value is -0.830. The van der Waals surface area contributed by atoms with Gasteiger partial charge in [0, 0.05) is 18.4 Å². The highest BCUT2D eigenvalue weighted by atomic mass is 16.4. The van der Waals surface area contributed by atoms with E-state index in [1.165, 1.54) is 44.3 Å². The molecule has 0 atom stereocenters. The molecule has 4 aliphatic carbocycles. The van der Waals surface area contributed by atoms with Crippen molar-refractivity contribution in [3.8, 4) is 0 Å². The van der Waals surface area contributed by atoms with Crippen LogP contribution in [0.4, 0.5) is 0 Å². The van der Waals surface area contributed by atoms with Gasteiger partial charge < -0.3 is 10.2 Å². The van der Waals surface area contributed by atoms with Gasteiger partial charge in [-0.15, -0.1) is 0 Å². The van der Waals surface area contributed by atoms with Gasteiger partial charge in [0.2, 0.25) is 0 Å². The molecule has 4 bridgehead atoms. The van der Waals surface area contributed by atoms with Crippen LogP contribution < -0.4 is 5.73 Å². The molecule has 1 aromatic heterocycles. The van der Waals surface area contributed by atoms with Crippen LogP contribution in [0.25, 0.3) is 0 Å². The van der Waals surface area contributed by atoms with E-state index < -0.39 is 0 Å². The van der Waals surface area contributed by atoms with E-state index in [1.54, 1.807) is 0 Å². The molecule has 1 heterocycles. The summed E-state index contributed by atoms with van der Waals surface area (Å²) in [4.78, 5) is 4.42. The quantitative estimate of drug-likeness (QED) is 0.892. The van der Waals surface area contributed by atoms with Crippen LogP contribution in [0.3, 0.4) is 0 Å². The highest BCUT2D eigenvalue weighted by Crippen LogP contribution is 2.60. The van der Waals surface area contributed by atoms with Crippen LogP contribution in [0, 0.1) is 17.8 Å². The van der Waals surface area contributed by atoms with Crippen molar-refractivity contribution in [2.24, 2.45) is 23.5 Å². The predicted molar refractivity (Wildman–Crippen MR) is 69.1 cm³/mol. The van der Waals surface area contributed by atoms with Crippen LogP contribution >= 0.6 is 0 Å². The fourth-order valence-electron chi connectivity index (χ4n) is 5.21. The van der Waals surface area contributed by atoms with E-state index in [2.05, 4.69) is 4.98 Å². The van der Waals surface area contributed by atoms with E-state index >= 15 is 0 Å². The van der Waals surface area contributed by atoms with E-state index in [-0.39, 0.29) is 0 Å². The molecule has 5 rings (SSSR count). The zero-order valence-corrected chi connectivity index (χ0v) is 10.9. The van der Waals surface area contributed by atoms with Gasteiger partial charge in [0.25, 0.3) is 0 Å². The van der Waals surface area contributed by atoms with Crippen molar-refractivity contribution >= 4 is 0 Å². The number of rotatable bonds is 3. The van der Waals surface area contributed by atoms with E-state index in [0.29, 0.717) is 12.0 Å². The lowest BCUT2D eigenvalue weighted by atomic mass is 9.49. The minimum atomic E-state index is 0.342. The van der Waals surface area contributed by atoms with E-state index in [1.807, 2.05) is 6.20 Å². The first-order chi connectivity index (χ1) is 8.77. The molecular formula is C15H22N2O. The van der Waals surface area contributed by atoms with Crippen molar-refractivity contribution in [3.63, 3.8) is 0 Å². The van der Waals surface area contributed by atoms with Gasteiger partial charge in [-0.3, -0.25) is 0 Å². The second-order valence-electron chi connectivity index (χ2n) is 6.85. The van der Waals surface area contributed by atoms with Gasteiger partial charge in [0.05, 0.1) is 6.20 Å². The second-order valence-corrected chi connectivity index (χ2v) is 6.85. The molecule has 0 spiro atoms. The predicted octanol–water partition coefficient (Wildman–Crippen LogP) is 2.64. The summed E-state index contributed by atoms with van der Waals surface area (Å²) < 4.78 is 6.02. The summed E-state index contributed by atoms with van der Waals surface area (Å²) in [5.74, 6) is 4.88. The first kappa shape index (κ1) is 11.0. The van der Waals surface area contributed by atoms with Gasteiger partial charge in [-0.1, -0.05) is 0 Å². The Balaban J connectivity index is 1.66. The molecule has 1 aromatic rings. The second kappa shape index (κ2) is 3.83. The SMILES string of the molecule is NCCc1ncc(C23CC4CC(CC(C4)C2)C3)o1. The normalized spacial score (nSPS) is 41.5. The van der Waals surface area contributed by atoms with Crippen LogP contribution in [-0.4, -0.2) is 11.5 Å². The molecule has 3 nitrogen and oxygen atoms in total. The van der Waals surface area contributed by atoms with E-state index in [4.69, 9.17) is 10.2 Å². The molecule has 0 aliphatic heterocycles. The molecule has 18 heavy (non-hydrogen) atoms. The van der Waals surface area contributed by atoms with Crippen molar-refractivity contribution < 1.29 is 4.42 Å².